The van der Waals surface area contributed by atoms with E-state index in [1.807, 2.05) is 45.3 Å². The zero-order chi connectivity index (χ0) is 51.8. The van der Waals surface area contributed by atoms with Crippen LogP contribution in [0.1, 0.15) is 11.1 Å². The highest BCUT2D eigenvalue weighted by atomic mass is 32.1. The van der Waals surface area contributed by atoms with Gasteiger partial charge >= 0.3 is 0 Å². The Morgan fingerprint density at radius 3 is 0.923 bits per heavy atom. The van der Waals surface area contributed by atoms with Gasteiger partial charge < -0.3 is 18.3 Å². The third-order valence-electron chi connectivity index (χ3n) is 14.9. The Morgan fingerprint density at radius 2 is 0.538 bits per heavy atom. The molecule has 0 spiro atoms. The molecular formula is C70H48N4S4. The van der Waals surface area contributed by atoms with Crippen molar-refractivity contribution in [3.63, 3.8) is 0 Å². The Labute approximate surface area is 466 Å². The van der Waals surface area contributed by atoms with Gasteiger partial charge in [0.05, 0.1) is 93.1 Å². The molecule has 0 aliphatic heterocycles. The maximum Gasteiger partial charge on any atom is 0.0656 e. The Kier molecular flexibility index (Phi) is 11.4. The minimum atomic E-state index is 1.19. The third kappa shape index (κ3) is 7.90. The van der Waals surface area contributed by atoms with Crippen molar-refractivity contribution in [3.05, 3.63) is 266 Å². The molecule has 16 aromatic rings. The lowest BCUT2D eigenvalue weighted by atomic mass is 10.1. The van der Waals surface area contributed by atoms with E-state index in [-0.39, 0.29) is 0 Å². The maximum absolute atomic E-state index is 2.47. The van der Waals surface area contributed by atoms with Crippen molar-refractivity contribution in [1.29, 1.82) is 0 Å². The number of hydrogen-bond donors (Lipinski definition) is 0. The molecule has 16 rings (SSSR count). The van der Waals surface area contributed by atoms with Gasteiger partial charge in [-0.1, -0.05) is 146 Å². The first-order chi connectivity index (χ1) is 38.5. The van der Waals surface area contributed by atoms with Gasteiger partial charge in [0.2, 0.25) is 0 Å². The second-order valence-corrected chi connectivity index (χ2v) is 24.2. The van der Waals surface area contributed by atoms with E-state index in [4.69, 9.17) is 0 Å². The van der Waals surface area contributed by atoms with Crippen molar-refractivity contribution in [2.75, 3.05) is 0 Å². The van der Waals surface area contributed by atoms with E-state index in [9.17, 15) is 0 Å². The number of fused-ring (bicyclic) bond motifs is 10. The predicted molar refractivity (Wildman–Crippen MR) is 341 cm³/mol. The van der Waals surface area contributed by atoms with Gasteiger partial charge in [-0.2, -0.15) is 0 Å². The van der Waals surface area contributed by atoms with Gasteiger partial charge in [0, 0.05) is 22.1 Å². The molecule has 0 unspecified atom stereocenters. The number of aryl methyl sites for hydroxylation is 2. The first kappa shape index (κ1) is 46.5. The van der Waals surface area contributed by atoms with Crippen LogP contribution in [-0.2, 0) is 0 Å². The van der Waals surface area contributed by atoms with Gasteiger partial charge in [0.1, 0.15) is 0 Å². The van der Waals surface area contributed by atoms with Crippen LogP contribution in [0, 0.1) is 13.8 Å². The van der Waals surface area contributed by atoms with Crippen molar-refractivity contribution >= 4 is 149 Å². The average Bonchev–Trinajstić information content (AvgIpc) is 3.68. The standard InChI is InChI=1S/C38H24N2S2.C32H24N2S2/c1-3-15-27-25(11-1)13-9-19-29(27)39-31-17-5-7-21-35(31)41-37-24-38-34(23-33(37)39)40(32-18-6-8-22-36(32)42-38)30-20-10-14-26-12-2-4-16-28(26)30;1-21-9-7-11-23(17-21)33-25-13-3-5-15-29(25)35-31-20-32-28(19-27(31)33)34(24-12-8-10-22(2)18-24)26-14-4-6-16-30(26)36-32/h1-24H;3-20H,1-2H3. The minimum Gasteiger partial charge on any atom is -0.308 e. The van der Waals surface area contributed by atoms with Crippen LogP contribution in [0.5, 0.6) is 0 Å². The highest BCUT2D eigenvalue weighted by Crippen LogP contribution is 2.42. The average molecular weight is 1070 g/mol. The molecule has 372 valence electrons. The van der Waals surface area contributed by atoms with Crippen LogP contribution in [0.4, 0.5) is 0 Å². The zero-order valence-corrected chi connectivity index (χ0v) is 45.9. The van der Waals surface area contributed by atoms with E-state index >= 15 is 0 Å². The van der Waals surface area contributed by atoms with Crippen LogP contribution in [0.2, 0.25) is 0 Å². The molecule has 0 bridgehead atoms. The number of benzene rings is 12. The van der Waals surface area contributed by atoms with E-state index in [2.05, 4.69) is 287 Å². The van der Waals surface area contributed by atoms with Gasteiger partial charge in [-0.05, 0) is 145 Å². The Morgan fingerprint density at radius 1 is 0.231 bits per heavy atom. The summed E-state index contributed by atoms with van der Waals surface area (Å²) in [6.45, 7) is 4.32. The summed E-state index contributed by atoms with van der Waals surface area (Å²) < 4.78 is 20.0. The number of aromatic nitrogens is 4. The molecule has 4 nitrogen and oxygen atoms in total. The normalized spacial score (nSPS) is 11.7. The van der Waals surface area contributed by atoms with Crippen molar-refractivity contribution in [2.45, 2.75) is 13.8 Å². The lowest BCUT2D eigenvalue weighted by molar-refractivity contribution is 1.15. The first-order valence-corrected chi connectivity index (χ1v) is 29.5. The lowest BCUT2D eigenvalue weighted by Gasteiger charge is -2.21. The second-order valence-electron chi connectivity index (χ2n) is 19.9. The molecule has 0 radical (unpaired) electrons. The largest absolute Gasteiger partial charge is 0.308 e. The highest BCUT2D eigenvalue weighted by Gasteiger charge is 2.18. The first-order valence-electron chi connectivity index (χ1n) is 26.2. The number of hydrogen-bond acceptors (Lipinski definition) is 4. The van der Waals surface area contributed by atoms with E-state index in [0.717, 1.165) is 0 Å². The molecule has 12 aromatic carbocycles. The molecule has 0 aliphatic rings. The molecule has 0 atom stereocenters. The predicted octanol–water partition coefficient (Wildman–Crippen LogP) is 21.2. The van der Waals surface area contributed by atoms with E-state index in [1.165, 1.54) is 137 Å². The molecule has 8 heteroatoms. The molecule has 4 heterocycles. The Balaban J connectivity index is 0.000000137. The summed E-state index contributed by atoms with van der Waals surface area (Å²) in [5.41, 5.74) is 17.0. The fourth-order valence-electron chi connectivity index (χ4n) is 11.4. The summed E-state index contributed by atoms with van der Waals surface area (Å²) in [4.78, 5) is 0. The minimum absolute atomic E-state index is 1.19. The van der Waals surface area contributed by atoms with E-state index < -0.39 is 0 Å². The second kappa shape index (κ2) is 19.1. The molecule has 0 N–H and O–H groups in total. The van der Waals surface area contributed by atoms with Gasteiger partial charge in [-0.3, -0.25) is 0 Å². The summed E-state index contributed by atoms with van der Waals surface area (Å²) in [5, 5.41) is 4.98. The molecule has 0 fully saturated rings. The summed E-state index contributed by atoms with van der Waals surface area (Å²) in [7, 11) is 0. The van der Waals surface area contributed by atoms with Crippen LogP contribution < -0.4 is 0 Å². The summed E-state index contributed by atoms with van der Waals surface area (Å²) in [6.07, 6.45) is 0. The van der Waals surface area contributed by atoms with Gasteiger partial charge in [0.25, 0.3) is 0 Å². The van der Waals surface area contributed by atoms with Crippen LogP contribution in [-0.4, -0.2) is 18.3 Å². The molecular weight excluding hydrogens is 1030 g/mol. The fraction of sp³-hybridized carbons (Fsp3) is 0.0286. The van der Waals surface area contributed by atoms with Crippen LogP contribution >= 0.6 is 45.3 Å². The molecule has 4 aromatic heterocycles. The SMILES string of the molecule is Cc1cccc(-n2c3ccccc3sc3cc4sc5ccccc5n(-c5cccc(C)c5)c4cc32)c1.c1ccc2c(-n3c4ccccc4sc4cc5sc6ccccc6n(-c6cccc7ccccc67)c5cc43)cccc2c1. The van der Waals surface area contributed by atoms with Gasteiger partial charge in [-0.25, -0.2) is 0 Å². The van der Waals surface area contributed by atoms with Crippen molar-refractivity contribution < 1.29 is 0 Å². The number of rotatable bonds is 4. The highest BCUT2D eigenvalue weighted by molar-refractivity contribution is 7.27. The van der Waals surface area contributed by atoms with Crippen LogP contribution in [0.15, 0.2) is 255 Å². The Hall–Kier alpha value is -8.76. The van der Waals surface area contributed by atoms with Gasteiger partial charge in [0.15, 0.2) is 0 Å². The van der Waals surface area contributed by atoms with E-state index in [1.54, 1.807) is 0 Å². The lowest BCUT2D eigenvalue weighted by Crippen LogP contribution is -2.03. The molecule has 78 heavy (non-hydrogen) atoms. The smallest absolute Gasteiger partial charge is 0.0656 e. The fourth-order valence-corrected chi connectivity index (χ4v) is 15.9. The van der Waals surface area contributed by atoms with Gasteiger partial charge in [-0.15, -0.1) is 45.3 Å². The topological polar surface area (TPSA) is 19.7 Å². The quantitative estimate of drug-likeness (QED) is 0.157. The van der Waals surface area contributed by atoms with Crippen LogP contribution in [0.3, 0.4) is 0 Å². The maximum atomic E-state index is 2.47. The van der Waals surface area contributed by atoms with Crippen molar-refractivity contribution in [2.24, 2.45) is 0 Å². The zero-order valence-electron chi connectivity index (χ0n) is 42.7. The molecule has 0 amide bonds. The van der Waals surface area contributed by atoms with Crippen molar-refractivity contribution in [1.82, 2.24) is 18.3 Å². The number of para-hydroxylation sites is 4. The van der Waals surface area contributed by atoms with Crippen molar-refractivity contribution in [3.8, 4) is 22.7 Å². The molecule has 0 saturated carbocycles. The Bertz CT molecular complexity index is 4830. The monoisotopic (exact) mass is 1070 g/mol. The molecule has 0 saturated heterocycles. The van der Waals surface area contributed by atoms with Crippen LogP contribution in [0.25, 0.3) is 126 Å². The third-order valence-corrected chi connectivity index (χ3v) is 19.3. The number of nitrogens with zero attached hydrogens (tertiary/aromatic N) is 4. The van der Waals surface area contributed by atoms with E-state index in [0.29, 0.717) is 0 Å². The molecule has 0 aliphatic carbocycles. The summed E-state index contributed by atoms with van der Waals surface area (Å²) >= 11 is 7.46. The summed E-state index contributed by atoms with van der Waals surface area (Å²) in [6, 6.07) is 92.9. The summed E-state index contributed by atoms with van der Waals surface area (Å²) in [5.74, 6) is 0.